The third-order valence-electron chi connectivity index (χ3n) is 3.27. The van der Waals surface area contributed by atoms with Crippen LogP contribution in [0.2, 0.25) is 0 Å². The zero-order valence-electron chi connectivity index (χ0n) is 11.9. The standard InChI is InChI=1S/C14H26N2O2/c1-4-5-13(17)15-12-6-8-16(9-7-12)14(18)10-11(2)3/h11-12H,4-10H2,1-3H3,(H,15,17). The van der Waals surface area contributed by atoms with Crippen LogP contribution in [0.3, 0.4) is 0 Å². The maximum absolute atomic E-state index is 11.9. The topological polar surface area (TPSA) is 49.4 Å². The summed E-state index contributed by atoms with van der Waals surface area (Å²) in [4.78, 5) is 25.3. The monoisotopic (exact) mass is 254 g/mol. The fourth-order valence-electron chi connectivity index (χ4n) is 2.28. The number of carbonyl (C=O) groups excluding carboxylic acids is 2. The van der Waals surface area contributed by atoms with Crippen molar-refractivity contribution in [3.63, 3.8) is 0 Å². The Labute approximate surface area is 110 Å². The van der Waals surface area contributed by atoms with E-state index in [1.54, 1.807) is 0 Å². The van der Waals surface area contributed by atoms with Crippen LogP contribution in [0.4, 0.5) is 0 Å². The second kappa shape index (κ2) is 7.39. The molecule has 1 aliphatic heterocycles. The molecule has 0 radical (unpaired) electrons. The Kier molecular flexibility index (Phi) is 6.16. The van der Waals surface area contributed by atoms with E-state index in [2.05, 4.69) is 19.2 Å². The van der Waals surface area contributed by atoms with Gasteiger partial charge in [-0.3, -0.25) is 9.59 Å². The van der Waals surface area contributed by atoms with Gasteiger partial charge in [0.2, 0.25) is 11.8 Å². The van der Waals surface area contributed by atoms with Crippen molar-refractivity contribution in [2.24, 2.45) is 5.92 Å². The summed E-state index contributed by atoms with van der Waals surface area (Å²) < 4.78 is 0. The predicted octanol–water partition coefficient (Wildman–Crippen LogP) is 1.94. The van der Waals surface area contributed by atoms with Crippen molar-refractivity contribution in [1.82, 2.24) is 10.2 Å². The molecular weight excluding hydrogens is 228 g/mol. The lowest BCUT2D eigenvalue weighted by atomic mass is 10.0. The van der Waals surface area contributed by atoms with E-state index in [4.69, 9.17) is 0 Å². The molecule has 0 aromatic carbocycles. The highest BCUT2D eigenvalue weighted by Crippen LogP contribution is 2.13. The van der Waals surface area contributed by atoms with Crippen LogP contribution in [0.25, 0.3) is 0 Å². The summed E-state index contributed by atoms with van der Waals surface area (Å²) in [6.45, 7) is 7.70. The number of carbonyl (C=O) groups is 2. The quantitative estimate of drug-likeness (QED) is 0.815. The van der Waals surface area contributed by atoms with E-state index in [1.807, 2.05) is 11.8 Å². The molecule has 0 aromatic heterocycles. The average molecular weight is 254 g/mol. The first kappa shape index (κ1) is 15.0. The largest absolute Gasteiger partial charge is 0.353 e. The Balaban J connectivity index is 2.28. The molecule has 4 nitrogen and oxygen atoms in total. The molecule has 1 heterocycles. The predicted molar refractivity (Wildman–Crippen MR) is 72.1 cm³/mol. The number of nitrogens with one attached hydrogen (secondary N) is 1. The van der Waals surface area contributed by atoms with E-state index in [0.29, 0.717) is 18.8 Å². The minimum atomic E-state index is 0.143. The van der Waals surface area contributed by atoms with Crippen LogP contribution in [0.5, 0.6) is 0 Å². The van der Waals surface area contributed by atoms with E-state index in [1.165, 1.54) is 0 Å². The molecule has 0 unspecified atom stereocenters. The van der Waals surface area contributed by atoms with E-state index in [9.17, 15) is 9.59 Å². The summed E-state index contributed by atoms with van der Waals surface area (Å²) in [6, 6.07) is 0.257. The third kappa shape index (κ3) is 5.07. The molecule has 104 valence electrons. The van der Waals surface area contributed by atoms with Crippen molar-refractivity contribution in [2.75, 3.05) is 13.1 Å². The van der Waals surface area contributed by atoms with Gasteiger partial charge in [-0.25, -0.2) is 0 Å². The Morgan fingerprint density at radius 3 is 2.39 bits per heavy atom. The molecular formula is C14H26N2O2. The fraction of sp³-hybridized carbons (Fsp3) is 0.857. The summed E-state index contributed by atoms with van der Waals surface area (Å²) in [5.41, 5.74) is 0. The lowest BCUT2D eigenvalue weighted by molar-refractivity contribution is -0.133. The van der Waals surface area contributed by atoms with Crippen LogP contribution in [-0.4, -0.2) is 35.8 Å². The van der Waals surface area contributed by atoms with Crippen LogP contribution < -0.4 is 5.32 Å². The van der Waals surface area contributed by atoms with Crippen molar-refractivity contribution in [3.8, 4) is 0 Å². The highest BCUT2D eigenvalue weighted by atomic mass is 16.2. The van der Waals surface area contributed by atoms with Crippen LogP contribution in [0.1, 0.15) is 52.9 Å². The van der Waals surface area contributed by atoms with Gasteiger partial charge in [-0.05, 0) is 25.2 Å². The Morgan fingerprint density at radius 2 is 1.89 bits per heavy atom. The normalized spacial score (nSPS) is 17.0. The molecule has 0 saturated carbocycles. The van der Waals surface area contributed by atoms with Crippen molar-refractivity contribution < 1.29 is 9.59 Å². The molecule has 1 rings (SSSR count). The first-order chi connectivity index (χ1) is 8.52. The molecule has 0 aliphatic carbocycles. The summed E-state index contributed by atoms with van der Waals surface area (Å²) in [5.74, 6) is 0.812. The fourth-order valence-corrected chi connectivity index (χ4v) is 2.28. The van der Waals surface area contributed by atoms with Crippen molar-refractivity contribution >= 4 is 11.8 Å². The van der Waals surface area contributed by atoms with Crippen molar-refractivity contribution in [1.29, 1.82) is 0 Å². The van der Waals surface area contributed by atoms with Gasteiger partial charge >= 0.3 is 0 Å². The van der Waals surface area contributed by atoms with Gasteiger partial charge in [0, 0.05) is 32.0 Å². The molecule has 18 heavy (non-hydrogen) atoms. The van der Waals surface area contributed by atoms with E-state index in [0.717, 1.165) is 32.4 Å². The highest BCUT2D eigenvalue weighted by molar-refractivity contribution is 5.77. The smallest absolute Gasteiger partial charge is 0.222 e. The van der Waals surface area contributed by atoms with Crippen LogP contribution in [-0.2, 0) is 9.59 Å². The molecule has 1 N–H and O–H groups in total. The van der Waals surface area contributed by atoms with Gasteiger partial charge < -0.3 is 10.2 Å². The summed E-state index contributed by atoms with van der Waals surface area (Å²) in [7, 11) is 0. The Bertz CT molecular complexity index is 282. The number of likely N-dealkylation sites (tertiary alicyclic amines) is 1. The first-order valence-electron chi connectivity index (χ1n) is 7.10. The first-order valence-corrected chi connectivity index (χ1v) is 7.10. The molecule has 0 bridgehead atoms. The second-order valence-electron chi connectivity index (χ2n) is 5.57. The molecule has 4 heteroatoms. The summed E-state index contributed by atoms with van der Waals surface area (Å²) in [6.07, 6.45) is 3.90. The van der Waals surface area contributed by atoms with E-state index >= 15 is 0 Å². The zero-order chi connectivity index (χ0) is 13.5. The van der Waals surface area contributed by atoms with Gasteiger partial charge in [0.05, 0.1) is 0 Å². The zero-order valence-corrected chi connectivity index (χ0v) is 11.9. The Morgan fingerprint density at radius 1 is 1.28 bits per heavy atom. The molecule has 0 spiro atoms. The number of hydrogen-bond donors (Lipinski definition) is 1. The number of rotatable bonds is 5. The third-order valence-corrected chi connectivity index (χ3v) is 3.27. The van der Waals surface area contributed by atoms with Gasteiger partial charge in [-0.15, -0.1) is 0 Å². The van der Waals surface area contributed by atoms with Gasteiger partial charge in [0.1, 0.15) is 0 Å². The number of piperidine rings is 1. The number of amides is 2. The lowest BCUT2D eigenvalue weighted by Gasteiger charge is -2.32. The maximum atomic E-state index is 11.9. The minimum Gasteiger partial charge on any atom is -0.353 e. The van der Waals surface area contributed by atoms with Crippen molar-refractivity contribution in [2.45, 2.75) is 58.9 Å². The molecule has 1 aliphatic rings. The number of nitrogens with zero attached hydrogens (tertiary/aromatic N) is 1. The van der Waals surface area contributed by atoms with Crippen LogP contribution in [0, 0.1) is 5.92 Å². The van der Waals surface area contributed by atoms with Gasteiger partial charge in [0.25, 0.3) is 0 Å². The molecule has 0 aromatic rings. The average Bonchev–Trinajstić information content (AvgIpc) is 2.29. The van der Waals surface area contributed by atoms with Crippen LogP contribution >= 0.6 is 0 Å². The van der Waals surface area contributed by atoms with Crippen LogP contribution in [0.15, 0.2) is 0 Å². The summed E-state index contributed by atoms with van der Waals surface area (Å²) >= 11 is 0. The van der Waals surface area contributed by atoms with Crippen molar-refractivity contribution in [3.05, 3.63) is 0 Å². The molecule has 1 fully saturated rings. The van der Waals surface area contributed by atoms with E-state index < -0.39 is 0 Å². The summed E-state index contributed by atoms with van der Waals surface area (Å²) in [5, 5.41) is 3.04. The maximum Gasteiger partial charge on any atom is 0.222 e. The van der Waals surface area contributed by atoms with Gasteiger partial charge in [-0.1, -0.05) is 20.8 Å². The van der Waals surface area contributed by atoms with Gasteiger partial charge in [-0.2, -0.15) is 0 Å². The van der Waals surface area contributed by atoms with E-state index in [-0.39, 0.29) is 17.9 Å². The second-order valence-corrected chi connectivity index (χ2v) is 5.57. The molecule has 0 atom stereocenters. The number of hydrogen-bond acceptors (Lipinski definition) is 2. The minimum absolute atomic E-state index is 0.143. The lowest BCUT2D eigenvalue weighted by Crippen LogP contribution is -2.46. The molecule has 2 amide bonds. The SMILES string of the molecule is CCCC(=O)NC1CCN(C(=O)CC(C)C)CC1. The highest BCUT2D eigenvalue weighted by Gasteiger charge is 2.23. The van der Waals surface area contributed by atoms with Gasteiger partial charge in [0.15, 0.2) is 0 Å². The Hall–Kier alpha value is -1.06. The molecule has 1 saturated heterocycles.